The maximum atomic E-state index is 12.8. The molecule has 2 aromatic carbocycles. The van der Waals surface area contributed by atoms with Crippen molar-refractivity contribution in [2.75, 3.05) is 12.4 Å². The van der Waals surface area contributed by atoms with E-state index in [1.807, 2.05) is 0 Å². The van der Waals surface area contributed by atoms with Crippen molar-refractivity contribution in [1.29, 1.82) is 0 Å². The molecule has 1 aliphatic heterocycles. The smallest absolute Gasteiger partial charge is 0.416 e. The van der Waals surface area contributed by atoms with Gasteiger partial charge in [0.25, 0.3) is 5.91 Å². The number of hydrogen-bond donors (Lipinski definition) is 1. The molecule has 0 unspecified atom stereocenters. The van der Waals surface area contributed by atoms with Crippen LogP contribution in [0, 0.1) is 0 Å². The third kappa shape index (κ3) is 3.03. The highest BCUT2D eigenvalue weighted by molar-refractivity contribution is 9.10. The third-order valence-electron chi connectivity index (χ3n) is 3.62. The maximum absolute atomic E-state index is 12.8. The van der Waals surface area contributed by atoms with Crippen LogP contribution in [0.1, 0.15) is 16.7 Å². The van der Waals surface area contributed by atoms with Crippen LogP contribution in [0.2, 0.25) is 0 Å². The number of carbonyl (C=O) groups excluding carboxylic acids is 1. The van der Waals surface area contributed by atoms with Crippen LogP contribution in [0.3, 0.4) is 0 Å². The van der Waals surface area contributed by atoms with Crippen LogP contribution >= 0.6 is 15.9 Å². The average molecular weight is 398 g/mol. The van der Waals surface area contributed by atoms with Crippen LogP contribution in [0.4, 0.5) is 18.9 Å². The van der Waals surface area contributed by atoms with Gasteiger partial charge in [-0.2, -0.15) is 13.2 Å². The molecule has 1 heterocycles. The molecule has 0 bridgehead atoms. The predicted molar refractivity (Wildman–Crippen MR) is 88.6 cm³/mol. The Labute approximate surface area is 144 Å². The van der Waals surface area contributed by atoms with Crippen molar-refractivity contribution in [1.82, 2.24) is 0 Å². The van der Waals surface area contributed by atoms with Crippen molar-refractivity contribution in [3.05, 3.63) is 57.6 Å². The van der Waals surface area contributed by atoms with Gasteiger partial charge in [-0.05, 0) is 51.8 Å². The first-order valence-electron chi connectivity index (χ1n) is 6.88. The highest BCUT2D eigenvalue weighted by Gasteiger charge is 2.33. The van der Waals surface area contributed by atoms with Crippen LogP contribution < -0.4 is 10.1 Å². The molecule has 7 heteroatoms. The Morgan fingerprint density at radius 3 is 2.54 bits per heavy atom. The van der Waals surface area contributed by atoms with Crippen LogP contribution in [0.5, 0.6) is 5.75 Å². The fraction of sp³-hybridized carbons (Fsp3) is 0.118. The summed E-state index contributed by atoms with van der Waals surface area (Å²) >= 11 is 3.36. The molecule has 0 aromatic heterocycles. The molecule has 0 atom stereocenters. The molecule has 1 aliphatic rings. The van der Waals surface area contributed by atoms with Crippen molar-refractivity contribution in [2.24, 2.45) is 0 Å². The fourth-order valence-corrected chi connectivity index (χ4v) is 3.01. The van der Waals surface area contributed by atoms with E-state index in [-0.39, 0.29) is 5.69 Å². The molecule has 0 aliphatic carbocycles. The number of amides is 1. The molecule has 0 spiro atoms. The van der Waals surface area contributed by atoms with Gasteiger partial charge in [0.2, 0.25) is 0 Å². The monoisotopic (exact) mass is 397 g/mol. The fourth-order valence-electron chi connectivity index (χ4n) is 2.45. The van der Waals surface area contributed by atoms with E-state index in [1.54, 1.807) is 24.3 Å². The number of hydrogen-bond acceptors (Lipinski definition) is 2. The number of ether oxygens (including phenoxy) is 1. The number of alkyl halides is 3. The number of fused-ring (bicyclic) bond motifs is 1. The number of halogens is 4. The van der Waals surface area contributed by atoms with E-state index in [2.05, 4.69) is 21.2 Å². The molecule has 3 nitrogen and oxygen atoms in total. The summed E-state index contributed by atoms with van der Waals surface area (Å²) in [5.74, 6) is 0.208. The molecule has 24 heavy (non-hydrogen) atoms. The molecule has 124 valence electrons. The van der Waals surface area contributed by atoms with E-state index in [0.29, 0.717) is 21.4 Å². The number of anilines is 1. The SMILES string of the molecule is COc1ccc(/C=C2\C(=O)Nc3cc(C(F)(F)F)ccc32)cc1Br. The minimum absolute atomic E-state index is 0.161. The lowest BCUT2D eigenvalue weighted by Gasteiger charge is -2.08. The predicted octanol–water partition coefficient (Wildman–Crippen LogP) is 4.97. The zero-order valence-electron chi connectivity index (χ0n) is 12.4. The summed E-state index contributed by atoms with van der Waals surface area (Å²) < 4.78 is 44.2. The van der Waals surface area contributed by atoms with Crippen LogP contribution in [0.25, 0.3) is 11.6 Å². The lowest BCUT2D eigenvalue weighted by atomic mass is 10.0. The first-order chi connectivity index (χ1) is 11.3. The molecule has 0 fully saturated rings. The minimum atomic E-state index is -4.45. The minimum Gasteiger partial charge on any atom is -0.496 e. The lowest BCUT2D eigenvalue weighted by Crippen LogP contribution is -2.06. The molecule has 1 amide bonds. The summed E-state index contributed by atoms with van der Waals surface area (Å²) in [6.45, 7) is 0. The second kappa shape index (κ2) is 5.98. The second-order valence-electron chi connectivity index (χ2n) is 5.16. The van der Waals surface area contributed by atoms with E-state index in [9.17, 15) is 18.0 Å². The summed E-state index contributed by atoms with van der Waals surface area (Å²) in [6, 6.07) is 8.47. The van der Waals surface area contributed by atoms with Crippen molar-refractivity contribution in [3.8, 4) is 5.75 Å². The van der Waals surface area contributed by atoms with Gasteiger partial charge in [-0.1, -0.05) is 12.1 Å². The van der Waals surface area contributed by atoms with E-state index in [4.69, 9.17) is 4.74 Å². The van der Waals surface area contributed by atoms with E-state index in [1.165, 1.54) is 13.2 Å². The molecule has 0 saturated carbocycles. The number of methoxy groups -OCH3 is 1. The Bertz CT molecular complexity index is 859. The highest BCUT2D eigenvalue weighted by Crippen LogP contribution is 2.38. The van der Waals surface area contributed by atoms with Gasteiger partial charge in [0, 0.05) is 16.8 Å². The van der Waals surface area contributed by atoms with Crippen molar-refractivity contribution < 1.29 is 22.7 Å². The highest BCUT2D eigenvalue weighted by atomic mass is 79.9. The van der Waals surface area contributed by atoms with Crippen molar-refractivity contribution in [2.45, 2.75) is 6.18 Å². The van der Waals surface area contributed by atoms with E-state index >= 15 is 0 Å². The molecule has 1 N–H and O–H groups in total. The molecule has 3 rings (SSSR count). The van der Waals surface area contributed by atoms with Gasteiger partial charge >= 0.3 is 6.18 Å². The number of nitrogens with one attached hydrogen (secondary N) is 1. The largest absolute Gasteiger partial charge is 0.496 e. The summed E-state index contributed by atoms with van der Waals surface area (Å²) in [5, 5.41) is 2.47. The molecule has 0 saturated heterocycles. The Morgan fingerprint density at radius 2 is 1.92 bits per heavy atom. The van der Waals surface area contributed by atoms with Crippen LogP contribution in [-0.2, 0) is 11.0 Å². The lowest BCUT2D eigenvalue weighted by molar-refractivity contribution is -0.137. The average Bonchev–Trinajstić information content (AvgIpc) is 2.82. The molecule has 2 aromatic rings. The second-order valence-corrected chi connectivity index (χ2v) is 6.02. The standard InChI is InChI=1S/C17H11BrF3NO2/c1-24-15-5-2-9(7-13(15)18)6-12-11-4-3-10(17(19,20)21)8-14(11)22-16(12)23/h2-8H,1H3,(H,22,23)/b12-6-. The van der Waals surface area contributed by atoms with Gasteiger partial charge in [0.15, 0.2) is 0 Å². The zero-order valence-corrected chi connectivity index (χ0v) is 14.0. The normalized spacial score (nSPS) is 15.4. The van der Waals surface area contributed by atoms with Gasteiger partial charge in [0.05, 0.1) is 17.1 Å². The number of benzene rings is 2. The van der Waals surface area contributed by atoms with Crippen molar-refractivity contribution >= 4 is 39.2 Å². The first kappa shape index (κ1) is 16.6. The summed E-state index contributed by atoms with van der Waals surface area (Å²) in [4.78, 5) is 12.1. The maximum Gasteiger partial charge on any atom is 0.416 e. The molecule has 0 radical (unpaired) electrons. The molecular weight excluding hydrogens is 387 g/mol. The van der Waals surface area contributed by atoms with Gasteiger partial charge in [-0.15, -0.1) is 0 Å². The van der Waals surface area contributed by atoms with Gasteiger partial charge in [-0.25, -0.2) is 0 Å². The van der Waals surface area contributed by atoms with Gasteiger partial charge in [-0.3, -0.25) is 4.79 Å². The number of carbonyl (C=O) groups is 1. The Kier molecular flexibility index (Phi) is 4.13. The third-order valence-corrected chi connectivity index (χ3v) is 4.24. The Hall–Kier alpha value is -2.28. The zero-order chi connectivity index (χ0) is 17.5. The summed E-state index contributed by atoms with van der Waals surface area (Å²) in [7, 11) is 1.54. The summed E-state index contributed by atoms with van der Waals surface area (Å²) in [6.07, 6.45) is -2.83. The Balaban J connectivity index is 2.02. The van der Waals surface area contributed by atoms with Crippen LogP contribution in [0.15, 0.2) is 40.9 Å². The molecular formula is C17H11BrF3NO2. The summed E-state index contributed by atoms with van der Waals surface area (Å²) in [5.41, 5.74) is 0.847. The van der Waals surface area contributed by atoms with Crippen LogP contribution in [-0.4, -0.2) is 13.0 Å². The van der Waals surface area contributed by atoms with Crippen molar-refractivity contribution in [3.63, 3.8) is 0 Å². The van der Waals surface area contributed by atoms with E-state index in [0.717, 1.165) is 17.7 Å². The van der Waals surface area contributed by atoms with E-state index < -0.39 is 17.6 Å². The Morgan fingerprint density at radius 1 is 1.17 bits per heavy atom. The first-order valence-corrected chi connectivity index (χ1v) is 7.67. The quantitative estimate of drug-likeness (QED) is 0.726. The van der Waals surface area contributed by atoms with Gasteiger partial charge in [0.1, 0.15) is 5.75 Å². The number of rotatable bonds is 2. The van der Waals surface area contributed by atoms with Gasteiger partial charge < -0.3 is 10.1 Å². The topological polar surface area (TPSA) is 38.3 Å².